The number of hydrogen-bond acceptors (Lipinski definition) is 11. The Bertz CT molecular complexity index is 3500. The highest BCUT2D eigenvalue weighted by Crippen LogP contribution is 2.40. The minimum Gasteiger partial charge on any atom is -0.370 e. The molecule has 4 aliphatic rings. The largest absolute Gasteiger partial charge is 0.396 e. The van der Waals surface area contributed by atoms with Crippen LogP contribution in [0.25, 0.3) is 21.9 Å². The Hall–Kier alpha value is -7.82. The molecule has 5 heterocycles. The average molecular weight is 1150 g/mol. The number of nitrogens with two attached hydrogens (primary N) is 1. The second-order valence-electron chi connectivity index (χ2n) is 22.5. The summed E-state index contributed by atoms with van der Waals surface area (Å²) in [5.74, 6) is -5.24. The summed E-state index contributed by atoms with van der Waals surface area (Å²) in [5, 5.41) is 10.8. The average Bonchev–Trinajstić information content (AvgIpc) is 4.27. The standard InChI is InChI=1S/C57H68FN10O13P/c1-30(2)38-14-8-33(24-39(38)58)28-60-50(71)41(16-20-48(59)69)62-52(73)45-18-13-37-22-23-66(29-43(55(76)67(37)45)63-51(72)42-27-36-26-35(12-15-40(36)61-42)56(77)82(79,80)81)54(75)34-10-6-31(7-11-34)4-5-32-9-17-44-47(25-32)65(3)57(78)68(44)46-19-21-49(70)64-53(46)74/h8-9,12,14-15,17,24-27,30-31,34,37,41,43,45-46,61H,4-7,10-11,13,16,18-23,28-29H2,1-3H3,(H2,59,69)(H,60,71)(H,62,73)(H,63,72)(H,64,70,74)(H2,79,80,81)/t31-,34+,37-,41+,43+,45+,46?/m1/s1. The van der Waals surface area contributed by atoms with Gasteiger partial charge in [-0.05, 0) is 142 Å². The number of carbonyl (C=O) groups is 9. The quantitative estimate of drug-likeness (QED) is 0.0460. The van der Waals surface area contributed by atoms with E-state index in [-0.39, 0.29) is 104 Å². The number of H-pyrrole nitrogens is 1. The predicted molar refractivity (Wildman–Crippen MR) is 296 cm³/mol. The third-order valence-electron chi connectivity index (χ3n) is 16.7. The number of imidazole rings is 1. The number of aromatic nitrogens is 3. The maximum Gasteiger partial charge on any atom is 0.396 e. The van der Waals surface area contributed by atoms with Gasteiger partial charge in [-0.2, -0.15) is 0 Å². The van der Waals surface area contributed by atoms with Crippen molar-refractivity contribution < 1.29 is 61.9 Å². The van der Waals surface area contributed by atoms with E-state index < -0.39 is 84.6 Å². The predicted octanol–water partition coefficient (Wildman–Crippen LogP) is 3.58. The first-order valence-corrected chi connectivity index (χ1v) is 29.4. The van der Waals surface area contributed by atoms with E-state index in [1.54, 1.807) is 24.1 Å². The normalized spacial score (nSPS) is 21.9. The molecular formula is C57H68FN10O13P. The topological polar surface area (TPSA) is 335 Å². The SMILES string of the molecule is CC(C)c1ccc(CNC(=O)[C@H](CCC(N)=O)NC(=O)[C@@H]2CC[C@@H]3CCN(C(=O)[C@H]4CC[C@@H](CCc5ccc6c(c5)n(C)c(=O)n6C5CCC(=O)NC5=O)CC4)C[C@H](NC(=O)c4cc5cc(C(=O)P(=O)(O)O)ccc5[nH]4)C(=O)N32)cc1F. The van der Waals surface area contributed by atoms with Gasteiger partial charge in [-0.1, -0.05) is 32.0 Å². The molecule has 3 aromatic carbocycles. The molecule has 436 valence electrons. The highest BCUT2D eigenvalue weighted by Gasteiger charge is 2.47. The van der Waals surface area contributed by atoms with E-state index in [4.69, 9.17) is 5.73 Å². The summed E-state index contributed by atoms with van der Waals surface area (Å²) < 4.78 is 29.5. The number of aryl methyl sites for hydroxylation is 2. The number of nitrogens with zero attached hydrogens (tertiary/aromatic N) is 4. The number of amides is 8. The number of primary amides is 1. The molecule has 0 radical (unpaired) electrons. The maximum atomic E-state index is 15.1. The van der Waals surface area contributed by atoms with E-state index in [0.717, 1.165) is 24.8 Å². The van der Waals surface area contributed by atoms with Crippen molar-refractivity contribution in [3.63, 3.8) is 0 Å². The number of fused-ring (bicyclic) bond motifs is 3. The molecule has 9 N–H and O–H groups in total. The molecular weight excluding hydrogens is 1080 g/mol. The number of imide groups is 1. The van der Waals surface area contributed by atoms with Gasteiger partial charge < -0.3 is 46.3 Å². The van der Waals surface area contributed by atoms with Crippen molar-refractivity contribution in [2.45, 2.75) is 140 Å². The molecule has 3 saturated heterocycles. The van der Waals surface area contributed by atoms with E-state index >= 15 is 4.79 Å². The molecule has 4 fully saturated rings. The Morgan fingerprint density at radius 3 is 2.30 bits per heavy atom. The van der Waals surface area contributed by atoms with Crippen molar-refractivity contribution in [1.82, 2.24) is 45.2 Å². The van der Waals surface area contributed by atoms with E-state index in [1.165, 1.54) is 44.4 Å². The lowest BCUT2D eigenvalue weighted by Gasteiger charge is -2.40. The molecule has 2 aromatic heterocycles. The van der Waals surface area contributed by atoms with E-state index in [1.807, 2.05) is 32.0 Å². The summed E-state index contributed by atoms with van der Waals surface area (Å²) in [6.45, 7) is 3.52. The number of carbonyl (C=O) groups excluding carboxylic acids is 9. The molecule has 5 aromatic rings. The van der Waals surface area contributed by atoms with E-state index in [0.29, 0.717) is 59.8 Å². The molecule has 3 aliphatic heterocycles. The fourth-order valence-corrected chi connectivity index (χ4v) is 12.6. The smallest absolute Gasteiger partial charge is 0.370 e. The van der Waals surface area contributed by atoms with Gasteiger partial charge in [-0.15, -0.1) is 0 Å². The van der Waals surface area contributed by atoms with E-state index in [9.17, 15) is 61.9 Å². The van der Waals surface area contributed by atoms with Crippen LogP contribution in [0, 0.1) is 17.7 Å². The van der Waals surface area contributed by atoms with Crippen molar-refractivity contribution in [3.8, 4) is 0 Å². The first kappa shape index (κ1) is 58.8. The second kappa shape index (κ2) is 24.3. The number of halogens is 1. The Balaban J connectivity index is 0.893. The molecule has 0 spiro atoms. The molecule has 25 heteroatoms. The van der Waals surface area contributed by atoms with E-state index in [2.05, 4.69) is 26.3 Å². The number of benzene rings is 3. The molecule has 23 nitrogen and oxygen atoms in total. The summed E-state index contributed by atoms with van der Waals surface area (Å²) in [7, 11) is -3.49. The summed E-state index contributed by atoms with van der Waals surface area (Å²) >= 11 is 0. The summed E-state index contributed by atoms with van der Waals surface area (Å²) in [5.41, 5.74) is 6.90. The van der Waals surface area contributed by atoms with Gasteiger partial charge in [-0.25, -0.2) is 9.18 Å². The van der Waals surface area contributed by atoms with Crippen molar-refractivity contribution in [3.05, 3.63) is 105 Å². The number of piperidine rings is 1. The third-order valence-corrected chi connectivity index (χ3v) is 17.5. The van der Waals surface area contributed by atoms with Crippen LogP contribution in [-0.2, 0) is 58.1 Å². The third kappa shape index (κ3) is 12.8. The Kier molecular flexibility index (Phi) is 17.5. The van der Waals surface area contributed by atoms with Crippen LogP contribution in [0.15, 0.2) is 65.5 Å². The van der Waals surface area contributed by atoms with Crippen molar-refractivity contribution in [2.24, 2.45) is 24.6 Å². The number of rotatable bonds is 18. The van der Waals surface area contributed by atoms with Gasteiger partial charge in [0.05, 0.1) is 11.0 Å². The molecule has 5 atom stereocenters. The Labute approximate surface area is 470 Å². The van der Waals surface area contributed by atoms with Crippen molar-refractivity contribution >= 4 is 82.3 Å². The van der Waals surface area contributed by atoms with Gasteiger partial charge in [0.25, 0.3) is 11.4 Å². The summed E-state index contributed by atoms with van der Waals surface area (Å²) in [6.07, 6.45) is 4.83. The van der Waals surface area contributed by atoms with Crippen LogP contribution < -0.4 is 32.7 Å². The first-order valence-electron chi connectivity index (χ1n) is 27.8. The fourth-order valence-electron chi connectivity index (χ4n) is 12.1. The van der Waals surface area contributed by atoms with Crippen LogP contribution in [0.3, 0.4) is 0 Å². The number of hydrogen-bond donors (Lipinski definition) is 8. The van der Waals surface area contributed by atoms with Crippen LogP contribution in [-0.4, -0.2) is 124 Å². The summed E-state index contributed by atoms with van der Waals surface area (Å²) in [6, 6.07) is 10.3. The lowest BCUT2D eigenvalue weighted by atomic mass is 9.79. The highest BCUT2D eigenvalue weighted by molar-refractivity contribution is 7.70. The van der Waals surface area contributed by atoms with Gasteiger partial charge in [0.15, 0.2) is 0 Å². The molecule has 8 amide bonds. The zero-order valence-corrected chi connectivity index (χ0v) is 46.7. The van der Waals surface area contributed by atoms with Crippen LogP contribution in [0.5, 0.6) is 0 Å². The lowest BCUT2D eigenvalue weighted by molar-refractivity contribution is -0.147. The van der Waals surface area contributed by atoms with Gasteiger partial charge >= 0.3 is 13.3 Å². The van der Waals surface area contributed by atoms with Gasteiger partial charge in [0.2, 0.25) is 41.4 Å². The maximum absolute atomic E-state index is 15.1. The monoisotopic (exact) mass is 1150 g/mol. The minimum absolute atomic E-state index is 0.0714. The molecule has 1 unspecified atom stereocenters. The first-order chi connectivity index (χ1) is 38.9. The Morgan fingerprint density at radius 1 is 0.866 bits per heavy atom. The van der Waals surface area contributed by atoms with Crippen LogP contribution in [0.4, 0.5) is 4.39 Å². The van der Waals surface area contributed by atoms with Crippen LogP contribution >= 0.6 is 7.60 Å². The second-order valence-corrected chi connectivity index (χ2v) is 24.0. The molecule has 0 bridgehead atoms. The minimum atomic E-state index is -5.13. The van der Waals surface area contributed by atoms with Gasteiger partial charge in [-0.3, -0.25) is 62.2 Å². The van der Waals surface area contributed by atoms with Gasteiger partial charge in [0, 0.05) is 67.9 Å². The number of aromatic amines is 1. The molecule has 9 rings (SSSR count). The highest BCUT2D eigenvalue weighted by atomic mass is 31.2. The fraction of sp³-hybridized carbons (Fsp3) is 0.474. The van der Waals surface area contributed by atoms with Crippen molar-refractivity contribution in [2.75, 3.05) is 13.1 Å². The summed E-state index contributed by atoms with van der Waals surface area (Å²) in [4.78, 5) is 159. The Morgan fingerprint density at radius 2 is 1.61 bits per heavy atom. The van der Waals surface area contributed by atoms with Crippen LogP contribution in [0.2, 0.25) is 0 Å². The number of nitrogens with one attached hydrogen (secondary N) is 5. The molecule has 82 heavy (non-hydrogen) atoms. The van der Waals surface area contributed by atoms with Gasteiger partial charge in [0.1, 0.15) is 35.7 Å². The molecule has 1 aliphatic carbocycles. The zero-order valence-electron chi connectivity index (χ0n) is 45.8. The lowest BCUT2D eigenvalue weighted by Crippen LogP contribution is -2.62. The molecule has 1 saturated carbocycles. The van der Waals surface area contributed by atoms with Crippen LogP contribution in [0.1, 0.15) is 140 Å². The van der Waals surface area contributed by atoms with Crippen molar-refractivity contribution in [1.29, 1.82) is 0 Å². The zero-order chi connectivity index (χ0) is 58.9.